The molecule has 0 aliphatic heterocycles. The van der Waals surface area contributed by atoms with E-state index < -0.39 is 0 Å². The van der Waals surface area contributed by atoms with Crippen LogP contribution in [0.25, 0.3) is 0 Å². The molecule has 1 aromatic heterocycles. The van der Waals surface area contributed by atoms with E-state index in [-0.39, 0.29) is 17.3 Å². The zero-order valence-electron chi connectivity index (χ0n) is 21.0. The molecule has 0 spiro atoms. The van der Waals surface area contributed by atoms with Gasteiger partial charge in [0.25, 0.3) is 5.56 Å². The summed E-state index contributed by atoms with van der Waals surface area (Å²) in [4.78, 5) is 27.4. The molecule has 0 amide bonds. The molecule has 5 aliphatic carbocycles. The van der Waals surface area contributed by atoms with Crippen LogP contribution in [0.15, 0.2) is 69.8 Å². The number of nitrogens with zero attached hydrogens (tertiary/aromatic N) is 2. The van der Waals surface area contributed by atoms with Crippen LogP contribution in [0.3, 0.4) is 0 Å². The number of hydrogen-bond acceptors (Lipinski definition) is 2. The maximum absolute atomic E-state index is 14.1. The van der Waals surface area contributed by atoms with Crippen molar-refractivity contribution in [3.8, 4) is 0 Å². The van der Waals surface area contributed by atoms with Crippen LogP contribution in [0.4, 0.5) is 0 Å². The summed E-state index contributed by atoms with van der Waals surface area (Å²) in [6.07, 6.45) is 18.2. The lowest BCUT2D eigenvalue weighted by atomic mass is 9.49. The molecular formula is C31H38N2O2. The summed E-state index contributed by atoms with van der Waals surface area (Å²) in [6, 6.07) is 11.9. The summed E-state index contributed by atoms with van der Waals surface area (Å²) in [5.41, 5.74) is 3.26. The van der Waals surface area contributed by atoms with Gasteiger partial charge in [-0.25, -0.2) is 4.79 Å². The van der Waals surface area contributed by atoms with Crippen molar-refractivity contribution >= 4 is 0 Å². The highest BCUT2D eigenvalue weighted by Gasteiger charge is 2.50. The van der Waals surface area contributed by atoms with Gasteiger partial charge in [-0.05, 0) is 98.5 Å². The predicted molar refractivity (Wildman–Crippen MR) is 141 cm³/mol. The van der Waals surface area contributed by atoms with Gasteiger partial charge in [0.2, 0.25) is 0 Å². The van der Waals surface area contributed by atoms with Crippen molar-refractivity contribution in [1.82, 2.24) is 9.13 Å². The molecule has 35 heavy (non-hydrogen) atoms. The van der Waals surface area contributed by atoms with Crippen molar-refractivity contribution in [3.05, 3.63) is 92.3 Å². The molecule has 5 aliphatic rings. The Balaban J connectivity index is 1.39. The first-order valence-electron chi connectivity index (χ1n) is 13.8. The third-order valence-corrected chi connectivity index (χ3v) is 9.47. The van der Waals surface area contributed by atoms with Crippen molar-refractivity contribution in [2.24, 2.45) is 23.2 Å². The Morgan fingerprint density at radius 2 is 1.69 bits per heavy atom. The van der Waals surface area contributed by atoms with E-state index in [0.29, 0.717) is 18.4 Å². The molecule has 1 heterocycles. The Morgan fingerprint density at radius 3 is 2.29 bits per heavy atom. The smallest absolute Gasteiger partial charge is 0.286 e. The van der Waals surface area contributed by atoms with Gasteiger partial charge in [-0.1, -0.05) is 55.5 Å². The van der Waals surface area contributed by atoms with Crippen LogP contribution >= 0.6 is 0 Å². The Labute approximate surface area is 208 Å². The van der Waals surface area contributed by atoms with E-state index in [1.54, 1.807) is 10.6 Å². The number of hydrogen-bond donors (Lipinski definition) is 0. The van der Waals surface area contributed by atoms with Crippen LogP contribution < -0.4 is 11.2 Å². The number of rotatable bonds is 7. The average Bonchev–Trinajstić information content (AvgIpc) is 2.85. The van der Waals surface area contributed by atoms with Crippen molar-refractivity contribution in [2.75, 3.05) is 0 Å². The topological polar surface area (TPSA) is 44.0 Å². The van der Waals surface area contributed by atoms with E-state index in [0.717, 1.165) is 48.3 Å². The minimum absolute atomic E-state index is 0.128. The van der Waals surface area contributed by atoms with Crippen LogP contribution in [0, 0.1) is 23.2 Å². The van der Waals surface area contributed by atoms with E-state index in [9.17, 15) is 9.59 Å². The van der Waals surface area contributed by atoms with Crippen LogP contribution in [-0.4, -0.2) is 9.13 Å². The number of benzene rings is 1. The highest BCUT2D eigenvalue weighted by molar-refractivity contribution is 5.34. The molecule has 1 unspecified atom stereocenters. The molecule has 7 rings (SSSR count). The van der Waals surface area contributed by atoms with Gasteiger partial charge in [0.1, 0.15) is 0 Å². The zero-order valence-corrected chi connectivity index (χ0v) is 21.0. The summed E-state index contributed by atoms with van der Waals surface area (Å²) in [5, 5.41) is 0. The minimum Gasteiger partial charge on any atom is -0.286 e. The highest BCUT2D eigenvalue weighted by atomic mass is 16.2. The predicted octanol–water partition coefficient (Wildman–Crippen LogP) is 6.04. The summed E-state index contributed by atoms with van der Waals surface area (Å²) < 4.78 is 3.49. The molecular weight excluding hydrogens is 432 g/mol. The fourth-order valence-corrected chi connectivity index (χ4v) is 8.35. The van der Waals surface area contributed by atoms with Gasteiger partial charge >= 0.3 is 5.69 Å². The second-order valence-electron chi connectivity index (χ2n) is 11.8. The van der Waals surface area contributed by atoms with Gasteiger partial charge in [0, 0.05) is 18.3 Å². The highest BCUT2D eigenvalue weighted by Crippen LogP contribution is 2.61. The second-order valence-corrected chi connectivity index (χ2v) is 11.8. The fourth-order valence-electron chi connectivity index (χ4n) is 8.35. The molecule has 0 radical (unpaired) electrons. The largest absolute Gasteiger partial charge is 0.332 e. The van der Waals surface area contributed by atoms with E-state index in [4.69, 9.17) is 0 Å². The second kappa shape index (κ2) is 9.11. The van der Waals surface area contributed by atoms with E-state index in [2.05, 4.69) is 30.4 Å². The molecule has 4 bridgehead atoms. The van der Waals surface area contributed by atoms with E-state index in [1.165, 1.54) is 44.1 Å². The molecule has 4 fully saturated rings. The maximum atomic E-state index is 14.1. The lowest BCUT2D eigenvalue weighted by molar-refractivity contribution is -0.0594. The van der Waals surface area contributed by atoms with Crippen LogP contribution in [-0.2, 0) is 13.0 Å². The average molecular weight is 471 g/mol. The monoisotopic (exact) mass is 470 g/mol. The first kappa shape index (κ1) is 22.8. The molecule has 2 aromatic rings. The van der Waals surface area contributed by atoms with Gasteiger partial charge < -0.3 is 0 Å². The quantitative estimate of drug-likeness (QED) is 0.495. The van der Waals surface area contributed by atoms with Crippen LogP contribution in [0.2, 0.25) is 0 Å². The van der Waals surface area contributed by atoms with Crippen LogP contribution in [0.5, 0.6) is 0 Å². The van der Waals surface area contributed by atoms with Crippen molar-refractivity contribution in [1.29, 1.82) is 0 Å². The summed E-state index contributed by atoms with van der Waals surface area (Å²) in [5.74, 6) is 2.64. The third kappa shape index (κ3) is 4.19. The Bertz CT molecular complexity index is 1230. The number of allylic oxidation sites excluding steroid dienone is 4. The van der Waals surface area contributed by atoms with Crippen molar-refractivity contribution < 1.29 is 0 Å². The summed E-state index contributed by atoms with van der Waals surface area (Å²) >= 11 is 0. The van der Waals surface area contributed by atoms with Gasteiger partial charge in [-0.2, -0.15) is 0 Å². The lowest BCUT2D eigenvalue weighted by Crippen LogP contribution is -2.48. The molecule has 0 saturated heterocycles. The Morgan fingerprint density at radius 1 is 1.00 bits per heavy atom. The summed E-state index contributed by atoms with van der Waals surface area (Å²) in [7, 11) is 0. The Kier molecular flexibility index (Phi) is 5.94. The van der Waals surface area contributed by atoms with Gasteiger partial charge in [0.05, 0.1) is 6.04 Å². The van der Waals surface area contributed by atoms with Gasteiger partial charge in [-0.3, -0.25) is 13.9 Å². The summed E-state index contributed by atoms with van der Waals surface area (Å²) in [6.45, 7) is 2.59. The molecule has 4 saturated carbocycles. The van der Waals surface area contributed by atoms with E-state index >= 15 is 0 Å². The molecule has 184 valence electrons. The number of aromatic nitrogens is 2. The molecule has 4 heteroatoms. The molecule has 4 nitrogen and oxygen atoms in total. The van der Waals surface area contributed by atoms with Crippen LogP contribution in [0.1, 0.15) is 82.0 Å². The molecule has 1 atom stereocenters. The fraction of sp³-hybridized carbons (Fsp3) is 0.548. The third-order valence-electron chi connectivity index (χ3n) is 9.47. The standard InChI is InChI=1S/C31H38N2O2/c1-2-27-18-28(34)32(14-13-31-19-22-15-23(20-31)17-24(16-22)21-31)30(35)33(27)29(25-9-5-3-6-10-25)26-11-7-4-8-12-26/h3-7,9-11,18,22-24,29H,2,8,12-17,19-21H2,1H3. The molecule has 0 N–H and O–H groups in total. The maximum Gasteiger partial charge on any atom is 0.332 e. The SMILES string of the molecule is CCc1cc(=O)n(CCC23CC4CC(CC(C4)C2)C3)c(=O)n1C(C1=CC=CCC1)c1ccccc1. The first-order chi connectivity index (χ1) is 17.0. The lowest BCUT2D eigenvalue weighted by Gasteiger charge is -2.57. The minimum atomic E-state index is -0.171. The molecule has 1 aromatic carbocycles. The van der Waals surface area contributed by atoms with Gasteiger partial charge in [-0.15, -0.1) is 0 Å². The Hall–Kier alpha value is -2.62. The van der Waals surface area contributed by atoms with Crippen molar-refractivity contribution in [3.63, 3.8) is 0 Å². The zero-order chi connectivity index (χ0) is 24.0. The first-order valence-corrected chi connectivity index (χ1v) is 13.8. The van der Waals surface area contributed by atoms with Crippen molar-refractivity contribution in [2.45, 2.75) is 83.7 Å². The van der Waals surface area contributed by atoms with E-state index in [1.807, 2.05) is 29.7 Å². The normalized spacial score (nSPS) is 29.9. The number of aryl methyl sites for hydroxylation is 1. The van der Waals surface area contributed by atoms with Gasteiger partial charge in [0.15, 0.2) is 0 Å².